The molecule has 0 aliphatic rings. The number of nitrogens with zero attached hydrogens (tertiary/aromatic N) is 3. The minimum Gasteiger partial charge on any atom is -0.395 e. The fraction of sp³-hybridized carbons (Fsp3) is 0.500. The molecule has 6 nitrogen and oxygen atoms in total. The van der Waals surface area contributed by atoms with Gasteiger partial charge in [-0.15, -0.1) is 11.3 Å². The summed E-state index contributed by atoms with van der Waals surface area (Å²) < 4.78 is 0. The summed E-state index contributed by atoms with van der Waals surface area (Å²) in [5, 5.41) is 12.2. The molecule has 0 amide bonds. The average molecular weight is 281 g/mol. The van der Waals surface area contributed by atoms with Crippen molar-refractivity contribution in [2.24, 2.45) is 5.84 Å². The molecule has 0 saturated carbocycles. The quantitative estimate of drug-likeness (QED) is 0.527. The van der Waals surface area contributed by atoms with E-state index in [0.29, 0.717) is 12.5 Å². The first-order valence-corrected chi connectivity index (χ1v) is 7.25. The van der Waals surface area contributed by atoms with E-state index in [2.05, 4.69) is 27.2 Å². The van der Waals surface area contributed by atoms with Crippen LogP contribution in [0.4, 0.5) is 11.8 Å². The van der Waals surface area contributed by atoms with Crippen molar-refractivity contribution >= 4 is 33.3 Å². The predicted octanol–water partition coefficient (Wildman–Crippen LogP) is 1.58. The molecule has 2 rings (SSSR count). The minimum atomic E-state index is 0.102. The maximum atomic E-state index is 9.22. The second kappa shape index (κ2) is 6.65. The van der Waals surface area contributed by atoms with Crippen LogP contribution < -0.4 is 16.2 Å². The zero-order valence-corrected chi connectivity index (χ0v) is 11.8. The number of nitrogen functional groups attached to an aromatic ring is 1. The van der Waals surface area contributed by atoms with E-state index >= 15 is 0 Å². The van der Waals surface area contributed by atoms with Crippen LogP contribution in [-0.2, 0) is 0 Å². The van der Waals surface area contributed by atoms with Crippen LogP contribution in [0.25, 0.3) is 10.2 Å². The van der Waals surface area contributed by atoms with E-state index in [1.165, 1.54) is 0 Å². The van der Waals surface area contributed by atoms with Crippen LogP contribution in [0.2, 0.25) is 0 Å². The molecule has 0 aromatic carbocycles. The maximum Gasteiger partial charge on any atom is 0.240 e. The summed E-state index contributed by atoms with van der Waals surface area (Å²) in [6, 6.07) is 2.01. The molecule has 2 aromatic rings. The molecule has 2 aromatic heterocycles. The molecule has 0 aliphatic heterocycles. The molecule has 0 bridgehead atoms. The van der Waals surface area contributed by atoms with Crippen molar-refractivity contribution in [2.45, 2.75) is 19.8 Å². The largest absolute Gasteiger partial charge is 0.395 e. The summed E-state index contributed by atoms with van der Waals surface area (Å²) in [5.41, 5.74) is 2.50. The Morgan fingerprint density at radius 2 is 2.26 bits per heavy atom. The number of aliphatic hydroxyl groups is 1. The highest BCUT2D eigenvalue weighted by atomic mass is 32.1. The monoisotopic (exact) mass is 281 g/mol. The van der Waals surface area contributed by atoms with E-state index in [1.54, 1.807) is 11.3 Å². The average Bonchev–Trinajstić information content (AvgIpc) is 2.90. The molecular weight excluding hydrogens is 262 g/mol. The lowest BCUT2D eigenvalue weighted by molar-refractivity contribution is 0.301. The SMILES string of the molecule is CCCCN(CCO)c1nc(NN)nc2sccc12. The molecular formula is C12H19N5OS. The molecule has 0 saturated heterocycles. The van der Waals surface area contributed by atoms with Gasteiger partial charge in [-0.2, -0.15) is 4.98 Å². The summed E-state index contributed by atoms with van der Waals surface area (Å²) in [5.74, 6) is 6.66. The Hall–Kier alpha value is -1.44. The van der Waals surface area contributed by atoms with Crippen molar-refractivity contribution in [1.82, 2.24) is 9.97 Å². The first kappa shape index (κ1) is 14.0. The van der Waals surface area contributed by atoms with Gasteiger partial charge in [0, 0.05) is 13.1 Å². The van der Waals surface area contributed by atoms with Crippen molar-refractivity contribution in [3.05, 3.63) is 11.4 Å². The van der Waals surface area contributed by atoms with Crippen LogP contribution in [-0.4, -0.2) is 34.8 Å². The minimum absolute atomic E-state index is 0.102. The first-order chi connectivity index (χ1) is 9.30. The van der Waals surface area contributed by atoms with Gasteiger partial charge < -0.3 is 10.0 Å². The fourth-order valence-electron chi connectivity index (χ4n) is 1.94. The fourth-order valence-corrected chi connectivity index (χ4v) is 2.70. The Bertz CT molecular complexity index is 530. The predicted molar refractivity (Wildman–Crippen MR) is 79.4 cm³/mol. The standard InChI is InChI=1S/C12H19N5OS/c1-2-3-5-17(6-7-18)10-9-4-8-19-11(9)15-12(14-10)16-13/h4,8,18H,2-3,5-7,13H2,1H3,(H,14,15,16). The number of hydrogen-bond acceptors (Lipinski definition) is 7. The third-order valence-corrected chi connectivity index (χ3v) is 3.69. The van der Waals surface area contributed by atoms with Gasteiger partial charge in [0.05, 0.1) is 12.0 Å². The van der Waals surface area contributed by atoms with Crippen LogP contribution >= 0.6 is 11.3 Å². The molecule has 0 atom stereocenters. The van der Waals surface area contributed by atoms with Crippen molar-refractivity contribution in [1.29, 1.82) is 0 Å². The lowest BCUT2D eigenvalue weighted by Gasteiger charge is -2.23. The Kier molecular flexibility index (Phi) is 4.89. The topological polar surface area (TPSA) is 87.3 Å². The highest BCUT2D eigenvalue weighted by Crippen LogP contribution is 2.29. The van der Waals surface area contributed by atoms with Crippen molar-refractivity contribution in [3.63, 3.8) is 0 Å². The summed E-state index contributed by atoms with van der Waals surface area (Å²) in [7, 11) is 0. The number of hydrazine groups is 1. The summed E-state index contributed by atoms with van der Waals surface area (Å²) in [6.45, 7) is 3.67. The van der Waals surface area contributed by atoms with E-state index in [1.807, 2.05) is 11.4 Å². The van der Waals surface area contributed by atoms with E-state index < -0.39 is 0 Å². The smallest absolute Gasteiger partial charge is 0.240 e. The molecule has 0 radical (unpaired) electrons. The van der Waals surface area contributed by atoms with Crippen molar-refractivity contribution < 1.29 is 5.11 Å². The van der Waals surface area contributed by atoms with Gasteiger partial charge in [-0.05, 0) is 17.9 Å². The Labute approximate surface area is 116 Å². The number of anilines is 2. The zero-order valence-electron chi connectivity index (χ0n) is 11.0. The van der Waals surface area contributed by atoms with Crippen LogP contribution in [0.5, 0.6) is 0 Å². The van der Waals surface area contributed by atoms with Gasteiger partial charge in [-0.1, -0.05) is 13.3 Å². The Balaban J connectivity index is 2.40. The normalized spacial score (nSPS) is 10.9. The summed E-state index contributed by atoms with van der Waals surface area (Å²) in [6.07, 6.45) is 2.16. The van der Waals surface area contributed by atoms with Gasteiger partial charge in [0.1, 0.15) is 10.6 Å². The molecule has 104 valence electrons. The number of hydrogen-bond donors (Lipinski definition) is 3. The summed E-state index contributed by atoms with van der Waals surface area (Å²) in [4.78, 5) is 11.7. The van der Waals surface area contributed by atoms with Gasteiger partial charge >= 0.3 is 0 Å². The highest BCUT2D eigenvalue weighted by Gasteiger charge is 2.14. The molecule has 0 unspecified atom stereocenters. The third-order valence-electron chi connectivity index (χ3n) is 2.89. The Morgan fingerprint density at radius 3 is 2.95 bits per heavy atom. The molecule has 0 spiro atoms. The zero-order chi connectivity index (χ0) is 13.7. The molecule has 19 heavy (non-hydrogen) atoms. The number of nitrogens with one attached hydrogen (secondary N) is 1. The number of thiophene rings is 1. The number of nitrogens with two attached hydrogens (primary N) is 1. The molecule has 0 aliphatic carbocycles. The van der Waals surface area contributed by atoms with Crippen LogP contribution in [0.15, 0.2) is 11.4 Å². The van der Waals surface area contributed by atoms with E-state index in [9.17, 15) is 5.11 Å². The lowest BCUT2D eigenvalue weighted by Crippen LogP contribution is -2.29. The molecule has 0 fully saturated rings. The lowest BCUT2D eigenvalue weighted by atomic mass is 10.3. The first-order valence-electron chi connectivity index (χ1n) is 6.37. The van der Waals surface area contributed by atoms with Gasteiger partial charge in [-0.25, -0.2) is 10.8 Å². The van der Waals surface area contributed by atoms with Gasteiger partial charge in [-0.3, -0.25) is 5.43 Å². The highest BCUT2D eigenvalue weighted by molar-refractivity contribution is 7.16. The van der Waals surface area contributed by atoms with Crippen molar-refractivity contribution in [2.75, 3.05) is 30.0 Å². The summed E-state index contributed by atoms with van der Waals surface area (Å²) >= 11 is 1.55. The van der Waals surface area contributed by atoms with Gasteiger partial charge in [0.25, 0.3) is 0 Å². The molecule has 4 N–H and O–H groups in total. The van der Waals surface area contributed by atoms with Gasteiger partial charge in [0.15, 0.2) is 0 Å². The Morgan fingerprint density at radius 1 is 1.42 bits per heavy atom. The van der Waals surface area contributed by atoms with E-state index in [0.717, 1.165) is 35.4 Å². The van der Waals surface area contributed by atoms with Crippen molar-refractivity contribution in [3.8, 4) is 0 Å². The van der Waals surface area contributed by atoms with Crippen LogP contribution in [0.1, 0.15) is 19.8 Å². The van der Waals surface area contributed by atoms with Crippen LogP contribution in [0.3, 0.4) is 0 Å². The maximum absolute atomic E-state index is 9.22. The third kappa shape index (κ3) is 3.12. The number of fused-ring (bicyclic) bond motifs is 1. The second-order valence-electron chi connectivity index (χ2n) is 4.22. The van der Waals surface area contributed by atoms with E-state index in [4.69, 9.17) is 5.84 Å². The van der Waals surface area contributed by atoms with E-state index in [-0.39, 0.29) is 6.61 Å². The number of rotatable bonds is 7. The number of aliphatic hydroxyl groups excluding tert-OH is 1. The molecule has 7 heteroatoms. The number of unbranched alkanes of at least 4 members (excludes halogenated alkanes) is 1. The second-order valence-corrected chi connectivity index (χ2v) is 5.11. The van der Waals surface area contributed by atoms with Gasteiger partial charge in [0.2, 0.25) is 5.95 Å². The van der Waals surface area contributed by atoms with Crippen LogP contribution in [0, 0.1) is 0 Å². The molecule has 2 heterocycles. The number of aromatic nitrogens is 2.